The summed E-state index contributed by atoms with van der Waals surface area (Å²) in [5.74, 6) is -0.939. The predicted molar refractivity (Wildman–Crippen MR) is 66.8 cm³/mol. The van der Waals surface area contributed by atoms with Crippen LogP contribution in [-0.4, -0.2) is 16.1 Å². The number of hydrogen-bond donors (Lipinski definition) is 1. The Morgan fingerprint density at radius 2 is 2.38 bits per heavy atom. The highest BCUT2D eigenvalue weighted by Crippen LogP contribution is 2.31. The Hall–Kier alpha value is -1.46. The lowest BCUT2D eigenvalue weighted by molar-refractivity contribution is -0.131. The number of aryl methyl sites for hydroxylation is 1. The zero-order chi connectivity index (χ0) is 11.5. The van der Waals surface area contributed by atoms with Crippen LogP contribution in [0.4, 0.5) is 0 Å². The van der Waals surface area contributed by atoms with Crippen LogP contribution in [0.2, 0.25) is 0 Å². The van der Waals surface area contributed by atoms with Crippen LogP contribution >= 0.6 is 22.7 Å². The molecular formula is C11H9NO2S2. The Morgan fingerprint density at radius 1 is 1.56 bits per heavy atom. The van der Waals surface area contributed by atoms with Crippen molar-refractivity contribution < 1.29 is 9.90 Å². The van der Waals surface area contributed by atoms with Crippen LogP contribution in [-0.2, 0) is 4.79 Å². The molecule has 0 saturated carbocycles. The summed E-state index contributed by atoms with van der Waals surface area (Å²) in [5, 5.41) is 11.5. The summed E-state index contributed by atoms with van der Waals surface area (Å²) in [6.07, 6.45) is 2.73. The van der Waals surface area contributed by atoms with Crippen LogP contribution in [0.25, 0.3) is 16.0 Å². The molecule has 0 saturated heterocycles. The third-order valence-corrected chi connectivity index (χ3v) is 4.10. The number of rotatable bonds is 3. The topological polar surface area (TPSA) is 50.2 Å². The monoisotopic (exact) mass is 251 g/mol. The van der Waals surface area contributed by atoms with Crippen LogP contribution in [0.3, 0.4) is 0 Å². The molecule has 0 atom stereocenters. The Labute approximate surface area is 101 Å². The van der Waals surface area contributed by atoms with Crippen molar-refractivity contribution in [3.8, 4) is 9.88 Å². The molecule has 0 aliphatic heterocycles. The van der Waals surface area contributed by atoms with Crippen LogP contribution in [0.1, 0.15) is 10.6 Å². The molecule has 0 unspecified atom stereocenters. The summed E-state index contributed by atoms with van der Waals surface area (Å²) in [7, 11) is 0. The molecule has 1 N–H and O–H groups in total. The lowest BCUT2D eigenvalue weighted by atomic mass is 10.3. The van der Waals surface area contributed by atoms with E-state index >= 15 is 0 Å². The van der Waals surface area contributed by atoms with Crippen LogP contribution in [0.15, 0.2) is 23.6 Å². The van der Waals surface area contributed by atoms with Gasteiger partial charge in [-0.05, 0) is 24.4 Å². The van der Waals surface area contributed by atoms with Crippen LogP contribution in [0, 0.1) is 6.92 Å². The van der Waals surface area contributed by atoms with Gasteiger partial charge in [0.05, 0.1) is 15.4 Å². The van der Waals surface area contributed by atoms with Crippen molar-refractivity contribution in [3.05, 3.63) is 34.2 Å². The second kappa shape index (κ2) is 4.59. The number of nitrogens with zero attached hydrogens (tertiary/aromatic N) is 1. The average molecular weight is 251 g/mol. The van der Waals surface area contributed by atoms with Crippen molar-refractivity contribution in [1.29, 1.82) is 0 Å². The van der Waals surface area contributed by atoms with Gasteiger partial charge in [-0.3, -0.25) is 0 Å². The Kier molecular flexibility index (Phi) is 3.17. The summed E-state index contributed by atoms with van der Waals surface area (Å²) in [6.45, 7) is 1.88. The van der Waals surface area contributed by atoms with Crippen molar-refractivity contribution in [3.63, 3.8) is 0 Å². The summed E-state index contributed by atoms with van der Waals surface area (Å²) in [4.78, 5) is 16.8. The van der Waals surface area contributed by atoms with Gasteiger partial charge in [-0.25, -0.2) is 9.78 Å². The molecule has 82 valence electrons. The normalized spacial score (nSPS) is 11.1. The molecule has 2 rings (SSSR count). The number of carbonyl (C=O) groups is 1. The quantitative estimate of drug-likeness (QED) is 0.852. The number of aliphatic carboxylic acids is 1. The van der Waals surface area contributed by atoms with E-state index in [9.17, 15) is 4.79 Å². The fraction of sp³-hybridized carbons (Fsp3) is 0.0909. The molecule has 0 spiro atoms. The van der Waals surface area contributed by atoms with Gasteiger partial charge >= 0.3 is 5.97 Å². The Balaban J connectivity index is 2.32. The van der Waals surface area contributed by atoms with Crippen molar-refractivity contribution in [2.24, 2.45) is 0 Å². The van der Waals surface area contributed by atoms with Crippen molar-refractivity contribution in [2.75, 3.05) is 0 Å². The lowest BCUT2D eigenvalue weighted by Gasteiger charge is -1.84. The molecule has 2 heterocycles. The third-order valence-electron chi connectivity index (χ3n) is 1.94. The second-order valence-corrected chi connectivity index (χ2v) is 5.10. The van der Waals surface area contributed by atoms with E-state index in [0.717, 1.165) is 26.5 Å². The molecule has 0 aliphatic rings. The summed E-state index contributed by atoms with van der Waals surface area (Å²) >= 11 is 3.14. The minimum atomic E-state index is -0.939. The van der Waals surface area contributed by atoms with E-state index in [-0.39, 0.29) is 0 Å². The highest BCUT2D eigenvalue weighted by atomic mass is 32.1. The summed E-state index contributed by atoms with van der Waals surface area (Å²) in [5.41, 5.74) is 0.867. The molecule has 0 radical (unpaired) electrons. The maximum atomic E-state index is 10.4. The first-order valence-electron chi connectivity index (χ1n) is 4.59. The number of aromatic nitrogens is 1. The maximum absolute atomic E-state index is 10.4. The van der Waals surface area contributed by atoms with Crippen molar-refractivity contribution >= 4 is 34.7 Å². The van der Waals surface area contributed by atoms with Crippen molar-refractivity contribution in [2.45, 2.75) is 6.92 Å². The highest BCUT2D eigenvalue weighted by Gasteiger charge is 2.08. The Bertz CT molecular complexity index is 526. The molecule has 0 bridgehead atoms. The van der Waals surface area contributed by atoms with Crippen LogP contribution < -0.4 is 0 Å². The number of carboxylic acid groups (broad SMARTS) is 1. The first-order chi connectivity index (χ1) is 7.66. The van der Waals surface area contributed by atoms with Gasteiger partial charge in [0.2, 0.25) is 0 Å². The van der Waals surface area contributed by atoms with E-state index in [1.54, 1.807) is 17.4 Å². The first-order valence-corrected chi connectivity index (χ1v) is 6.29. The van der Waals surface area contributed by atoms with Gasteiger partial charge < -0.3 is 5.11 Å². The van der Waals surface area contributed by atoms with Gasteiger partial charge in [0, 0.05) is 6.08 Å². The van der Waals surface area contributed by atoms with Gasteiger partial charge in [0.25, 0.3) is 0 Å². The fourth-order valence-corrected chi connectivity index (χ4v) is 2.98. The predicted octanol–water partition coefficient (Wildman–Crippen LogP) is 3.28. The SMILES string of the molecule is Cc1nc(-c2cccs2)sc1/C=C/C(=O)O. The molecule has 2 aromatic rings. The lowest BCUT2D eigenvalue weighted by Crippen LogP contribution is -1.85. The van der Waals surface area contributed by atoms with Gasteiger partial charge in [0.15, 0.2) is 0 Å². The molecule has 3 nitrogen and oxygen atoms in total. The zero-order valence-corrected chi connectivity index (χ0v) is 10.1. The maximum Gasteiger partial charge on any atom is 0.328 e. The zero-order valence-electron chi connectivity index (χ0n) is 8.51. The number of thiazole rings is 1. The van der Waals surface area contributed by atoms with E-state index in [2.05, 4.69) is 4.98 Å². The molecule has 16 heavy (non-hydrogen) atoms. The van der Waals surface area contributed by atoms with E-state index in [4.69, 9.17) is 5.11 Å². The number of thiophene rings is 1. The third kappa shape index (κ3) is 2.37. The minimum absolute atomic E-state index is 0.867. The van der Waals surface area contributed by atoms with E-state index in [1.165, 1.54) is 11.3 Å². The van der Waals surface area contributed by atoms with Gasteiger partial charge in [-0.2, -0.15) is 0 Å². The Morgan fingerprint density at radius 3 is 3.00 bits per heavy atom. The molecule has 5 heteroatoms. The molecular weight excluding hydrogens is 242 g/mol. The standard InChI is InChI=1S/C11H9NO2S2/c1-7-8(4-5-10(13)14)16-11(12-7)9-3-2-6-15-9/h2-6H,1H3,(H,13,14)/b5-4+. The van der Waals surface area contributed by atoms with Gasteiger partial charge in [-0.1, -0.05) is 6.07 Å². The van der Waals surface area contributed by atoms with E-state index in [0.29, 0.717) is 0 Å². The van der Waals surface area contributed by atoms with Gasteiger partial charge in [-0.15, -0.1) is 22.7 Å². The first kappa shape index (κ1) is 11.0. The minimum Gasteiger partial charge on any atom is -0.478 e. The van der Waals surface area contributed by atoms with Gasteiger partial charge in [0.1, 0.15) is 5.01 Å². The molecule has 0 aromatic carbocycles. The number of hydrogen-bond acceptors (Lipinski definition) is 4. The van der Waals surface area contributed by atoms with Crippen molar-refractivity contribution in [1.82, 2.24) is 4.98 Å². The number of carboxylic acids is 1. The van der Waals surface area contributed by atoms with E-state index in [1.807, 2.05) is 24.4 Å². The fourth-order valence-electron chi connectivity index (χ4n) is 1.22. The summed E-state index contributed by atoms with van der Waals surface area (Å²) < 4.78 is 0. The second-order valence-electron chi connectivity index (χ2n) is 3.12. The molecule has 0 fully saturated rings. The average Bonchev–Trinajstić information content (AvgIpc) is 2.83. The largest absolute Gasteiger partial charge is 0.478 e. The highest BCUT2D eigenvalue weighted by molar-refractivity contribution is 7.21. The molecule has 0 aliphatic carbocycles. The van der Waals surface area contributed by atoms with E-state index < -0.39 is 5.97 Å². The molecule has 2 aromatic heterocycles. The molecule has 0 amide bonds. The summed E-state index contributed by atoms with van der Waals surface area (Å²) in [6, 6.07) is 3.98. The smallest absolute Gasteiger partial charge is 0.328 e. The van der Waals surface area contributed by atoms with Crippen LogP contribution in [0.5, 0.6) is 0 Å².